The highest BCUT2D eigenvalue weighted by atomic mass is 16.5. The summed E-state index contributed by atoms with van der Waals surface area (Å²) in [5.74, 6) is 1.46. The van der Waals surface area contributed by atoms with Crippen LogP contribution < -0.4 is 10.1 Å². The third-order valence-electron chi connectivity index (χ3n) is 7.65. The number of rotatable bonds is 5. The molecule has 2 N–H and O–H groups in total. The normalized spacial score (nSPS) is 19.5. The van der Waals surface area contributed by atoms with Crippen LogP contribution in [0.5, 0.6) is 5.75 Å². The highest BCUT2D eigenvalue weighted by Gasteiger charge is 2.38. The van der Waals surface area contributed by atoms with Gasteiger partial charge in [-0.2, -0.15) is 0 Å². The third kappa shape index (κ3) is 4.56. The number of benzene rings is 2. The molecule has 1 fully saturated rings. The molecule has 2 atom stereocenters. The minimum absolute atomic E-state index is 0.0380. The predicted molar refractivity (Wildman–Crippen MR) is 145 cm³/mol. The van der Waals surface area contributed by atoms with Crippen LogP contribution in [-0.4, -0.2) is 73.9 Å². The second-order valence-corrected chi connectivity index (χ2v) is 10.5. The van der Waals surface area contributed by atoms with Gasteiger partial charge in [0.15, 0.2) is 0 Å². The van der Waals surface area contributed by atoms with E-state index in [1.165, 1.54) is 11.1 Å². The molecular formula is C28H32N8O2. The number of H-pyrrole nitrogens is 1. The Balaban J connectivity index is 1.15. The quantitative estimate of drug-likeness (QED) is 0.417. The lowest BCUT2D eigenvalue weighted by atomic mass is 10.00. The first-order valence-corrected chi connectivity index (χ1v) is 13.0. The van der Waals surface area contributed by atoms with Gasteiger partial charge in [0.2, 0.25) is 5.95 Å². The zero-order valence-corrected chi connectivity index (χ0v) is 22.2. The van der Waals surface area contributed by atoms with Crippen LogP contribution in [0.25, 0.3) is 11.0 Å². The lowest BCUT2D eigenvalue weighted by molar-refractivity contribution is 0.0770. The number of amides is 1. The van der Waals surface area contributed by atoms with Gasteiger partial charge < -0.3 is 15.0 Å². The number of aromatic nitrogens is 5. The second-order valence-electron chi connectivity index (χ2n) is 10.5. The third-order valence-corrected chi connectivity index (χ3v) is 7.65. The van der Waals surface area contributed by atoms with Crippen molar-refractivity contribution < 1.29 is 9.53 Å². The summed E-state index contributed by atoms with van der Waals surface area (Å²) in [6.07, 6.45) is 2.80. The highest BCUT2D eigenvalue weighted by molar-refractivity contribution is 6.00. The van der Waals surface area contributed by atoms with E-state index in [2.05, 4.69) is 69.6 Å². The maximum Gasteiger partial charge on any atom is 0.257 e. The smallest absolute Gasteiger partial charge is 0.257 e. The first-order valence-electron chi connectivity index (χ1n) is 13.0. The van der Waals surface area contributed by atoms with Crippen molar-refractivity contribution in [3.05, 3.63) is 64.5 Å². The van der Waals surface area contributed by atoms with Crippen molar-refractivity contribution >= 4 is 28.6 Å². The number of fused-ring (bicyclic) bond motifs is 2. The SMILES string of the molecule is COc1cc2[nH]nnc2cc1C(=O)N1CC(C)C(N2CCc3nc(Nc4cc(C)cc(C)c4)ncc3C2)C1. The Labute approximate surface area is 221 Å². The van der Waals surface area contributed by atoms with E-state index in [1.807, 2.05) is 11.1 Å². The van der Waals surface area contributed by atoms with Crippen LogP contribution in [0, 0.1) is 19.8 Å². The molecular weight excluding hydrogens is 480 g/mol. The van der Waals surface area contributed by atoms with Crippen molar-refractivity contribution in [3.8, 4) is 5.75 Å². The lowest BCUT2D eigenvalue weighted by Crippen LogP contribution is -2.44. The van der Waals surface area contributed by atoms with E-state index in [9.17, 15) is 4.79 Å². The van der Waals surface area contributed by atoms with Crippen LogP contribution in [0.15, 0.2) is 36.5 Å². The van der Waals surface area contributed by atoms with Gasteiger partial charge in [0.05, 0.1) is 23.9 Å². The van der Waals surface area contributed by atoms with E-state index in [-0.39, 0.29) is 11.9 Å². The van der Waals surface area contributed by atoms with Crippen LogP contribution in [0.2, 0.25) is 0 Å². The summed E-state index contributed by atoms with van der Waals surface area (Å²) in [6, 6.07) is 10.2. The molecule has 38 heavy (non-hydrogen) atoms. The Kier molecular flexibility index (Phi) is 6.19. The molecule has 196 valence electrons. The monoisotopic (exact) mass is 512 g/mol. The van der Waals surface area contributed by atoms with E-state index in [4.69, 9.17) is 9.72 Å². The molecule has 0 bridgehead atoms. The molecule has 4 aromatic rings. The molecule has 0 radical (unpaired) electrons. The topological polar surface area (TPSA) is 112 Å². The van der Waals surface area contributed by atoms with Gasteiger partial charge in [-0.3, -0.25) is 14.8 Å². The number of ether oxygens (including phenoxy) is 1. The number of nitrogens with one attached hydrogen (secondary N) is 2. The molecule has 10 nitrogen and oxygen atoms in total. The minimum atomic E-state index is -0.0380. The number of aromatic amines is 1. The fourth-order valence-corrected chi connectivity index (χ4v) is 5.83. The Hall–Kier alpha value is -4.05. The molecule has 1 amide bonds. The van der Waals surface area contributed by atoms with E-state index < -0.39 is 0 Å². The van der Waals surface area contributed by atoms with Crippen molar-refractivity contribution in [2.45, 2.75) is 39.8 Å². The molecule has 6 rings (SSSR count). The van der Waals surface area contributed by atoms with Gasteiger partial charge in [-0.25, -0.2) is 9.97 Å². The molecule has 2 aliphatic rings. The van der Waals surface area contributed by atoms with Crippen LogP contribution >= 0.6 is 0 Å². The number of carbonyl (C=O) groups excluding carboxylic acids is 1. The Morgan fingerprint density at radius 2 is 1.95 bits per heavy atom. The molecule has 0 spiro atoms. The van der Waals surface area contributed by atoms with Crippen molar-refractivity contribution in [2.75, 3.05) is 32.1 Å². The van der Waals surface area contributed by atoms with Gasteiger partial charge in [-0.15, -0.1) is 5.10 Å². The Morgan fingerprint density at radius 1 is 1.13 bits per heavy atom. The predicted octanol–water partition coefficient (Wildman–Crippen LogP) is 3.64. The number of anilines is 2. The summed E-state index contributed by atoms with van der Waals surface area (Å²) in [4.78, 5) is 27.4. The molecule has 2 aliphatic heterocycles. The van der Waals surface area contributed by atoms with E-state index in [0.717, 1.165) is 42.0 Å². The fraction of sp³-hybridized carbons (Fsp3) is 0.393. The average molecular weight is 513 g/mol. The van der Waals surface area contributed by atoms with E-state index in [0.29, 0.717) is 41.8 Å². The second kappa shape index (κ2) is 9.68. The number of likely N-dealkylation sites (tertiary alicyclic amines) is 1. The first-order chi connectivity index (χ1) is 18.4. The molecule has 2 aromatic carbocycles. The minimum Gasteiger partial charge on any atom is -0.496 e. The summed E-state index contributed by atoms with van der Waals surface area (Å²) >= 11 is 0. The van der Waals surface area contributed by atoms with Crippen molar-refractivity contribution in [1.29, 1.82) is 0 Å². The number of hydrogen-bond acceptors (Lipinski definition) is 8. The Morgan fingerprint density at radius 3 is 2.74 bits per heavy atom. The number of nitrogens with zero attached hydrogens (tertiary/aromatic N) is 6. The van der Waals surface area contributed by atoms with Crippen molar-refractivity contribution in [1.82, 2.24) is 35.2 Å². The summed E-state index contributed by atoms with van der Waals surface area (Å²) in [7, 11) is 1.58. The van der Waals surface area contributed by atoms with Crippen LogP contribution in [0.3, 0.4) is 0 Å². The van der Waals surface area contributed by atoms with Crippen molar-refractivity contribution in [2.24, 2.45) is 5.92 Å². The fourth-order valence-electron chi connectivity index (χ4n) is 5.83. The molecule has 10 heteroatoms. The highest BCUT2D eigenvalue weighted by Crippen LogP contribution is 2.31. The van der Waals surface area contributed by atoms with E-state index >= 15 is 0 Å². The van der Waals surface area contributed by atoms with Gasteiger partial charge in [0.25, 0.3) is 5.91 Å². The van der Waals surface area contributed by atoms with Gasteiger partial charge in [0, 0.05) is 62.2 Å². The zero-order chi connectivity index (χ0) is 26.4. The number of carbonyl (C=O) groups is 1. The number of methoxy groups -OCH3 is 1. The first kappa shape index (κ1) is 24.3. The maximum absolute atomic E-state index is 13.5. The van der Waals surface area contributed by atoms with Crippen LogP contribution in [0.1, 0.15) is 39.7 Å². The summed E-state index contributed by atoms with van der Waals surface area (Å²) in [5.41, 5.74) is 7.56. The molecule has 2 aromatic heterocycles. The van der Waals surface area contributed by atoms with Gasteiger partial charge in [-0.1, -0.05) is 18.2 Å². The molecule has 0 saturated carbocycles. The van der Waals surface area contributed by atoms with Crippen LogP contribution in [-0.2, 0) is 13.0 Å². The Bertz CT molecular complexity index is 1500. The summed E-state index contributed by atoms with van der Waals surface area (Å²) in [5, 5.41) is 14.1. The lowest BCUT2D eigenvalue weighted by Gasteiger charge is -2.34. The number of hydrogen-bond donors (Lipinski definition) is 2. The zero-order valence-electron chi connectivity index (χ0n) is 22.2. The summed E-state index contributed by atoms with van der Waals surface area (Å²) < 4.78 is 5.52. The largest absolute Gasteiger partial charge is 0.496 e. The van der Waals surface area contributed by atoms with Crippen LogP contribution in [0.4, 0.5) is 11.6 Å². The molecule has 0 aliphatic carbocycles. The average Bonchev–Trinajstić information content (AvgIpc) is 3.52. The van der Waals surface area contributed by atoms with Gasteiger partial charge in [0.1, 0.15) is 11.3 Å². The van der Waals surface area contributed by atoms with Gasteiger partial charge >= 0.3 is 0 Å². The number of aryl methyl sites for hydroxylation is 2. The standard InChI is InChI=1S/C28H32N8O2/c1-16-7-17(2)9-20(8-16)30-28-29-12-19-14-35(6-5-22(19)31-28)25-15-36(13-18(25)3)27(37)21-10-23-24(33-34-32-23)11-26(21)38-4/h7-12,18,25H,5-6,13-15H2,1-4H3,(H,29,30,31)(H,32,33,34). The molecule has 1 saturated heterocycles. The molecule has 2 unspecified atom stereocenters. The van der Waals surface area contributed by atoms with Crippen molar-refractivity contribution in [3.63, 3.8) is 0 Å². The molecule has 4 heterocycles. The van der Waals surface area contributed by atoms with Gasteiger partial charge in [-0.05, 0) is 49.1 Å². The van der Waals surface area contributed by atoms with E-state index in [1.54, 1.807) is 19.2 Å². The maximum atomic E-state index is 13.5. The summed E-state index contributed by atoms with van der Waals surface area (Å²) in [6.45, 7) is 9.45.